The van der Waals surface area contributed by atoms with Crippen LogP contribution in [0.25, 0.3) is 0 Å². The Hall–Kier alpha value is -2.36. The molecule has 0 aliphatic carbocycles. The molecule has 0 aliphatic rings. The number of nitrogens with one attached hydrogen (secondary N) is 1. The maximum atomic E-state index is 11.4. The standard InChI is InChI=1S/C15H16N2O2/c1-11-6-7-14(16-9-11)10-17-13-5-3-4-12(8-13)15(18)19-2/h3-9,17H,10H2,1-2H3. The van der Waals surface area contributed by atoms with Crippen LogP contribution in [0.4, 0.5) is 5.69 Å². The molecule has 0 atom stereocenters. The molecule has 0 amide bonds. The lowest BCUT2D eigenvalue weighted by Gasteiger charge is -2.07. The van der Waals surface area contributed by atoms with E-state index in [9.17, 15) is 4.79 Å². The van der Waals surface area contributed by atoms with Crippen molar-refractivity contribution < 1.29 is 9.53 Å². The summed E-state index contributed by atoms with van der Waals surface area (Å²) in [5, 5.41) is 3.23. The Balaban J connectivity index is 2.03. The first-order chi connectivity index (χ1) is 9.19. The highest BCUT2D eigenvalue weighted by Gasteiger charge is 2.05. The van der Waals surface area contributed by atoms with E-state index in [1.54, 1.807) is 12.1 Å². The molecule has 0 radical (unpaired) electrons. The van der Waals surface area contributed by atoms with Crippen molar-refractivity contribution in [2.45, 2.75) is 13.5 Å². The van der Waals surface area contributed by atoms with Gasteiger partial charge >= 0.3 is 5.97 Å². The van der Waals surface area contributed by atoms with Crippen LogP contribution in [0.3, 0.4) is 0 Å². The van der Waals surface area contributed by atoms with Crippen LogP contribution < -0.4 is 5.32 Å². The molecule has 1 heterocycles. The van der Waals surface area contributed by atoms with Crippen molar-refractivity contribution in [3.05, 3.63) is 59.4 Å². The molecule has 0 spiro atoms. The molecule has 4 nitrogen and oxygen atoms in total. The number of anilines is 1. The molecule has 19 heavy (non-hydrogen) atoms. The highest BCUT2D eigenvalue weighted by atomic mass is 16.5. The first kappa shape index (κ1) is 13.1. The van der Waals surface area contributed by atoms with E-state index in [4.69, 9.17) is 0 Å². The number of hydrogen-bond acceptors (Lipinski definition) is 4. The minimum Gasteiger partial charge on any atom is -0.465 e. The van der Waals surface area contributed by atoms with E-state index in [1.807, 2.05) is 37.4 Å². The van der Waals surface area contributed by atoms with Gasteiger partial charge in [0, 0.05) is 11.9 Å². The van der Waals surface area contributed by atoms with Crippen molar-refractivity contribution in [3.63, 3.8) is 0 Å². The molecule has 1 aromatic heterocycles. The number of methoxy groups -OCH3 is 1. The van der Waals surface area contributed by atoms with Crippen molar-refractivity contribution in [3.8, 4) is 0 Å². The molecule has 0 bridgehead atoms. The van der Waals surface area contributed by atoms with Gasteiger partial charge in [-0.15, -0.1) is 0 Å². The third-order valence-corrected chi connectivity index (χ3v) is 2.73. The lowest BCUT2D eigenvalue weighted by Crippen LogP contribution is -2.04. The number of hydrogen-bond donors (Lipinski definition) is 1. The molecule has 98 valence electrons. The molecule has 2 aromatic rings. The van der Waals surface area contributed by atoms with Gasteiger partial charge in [-0.1, -0.05) is 12.1 Å². The van der Waals surface area contributed by atoms with E-state index in [-0.39, 0.29) is 5.97 Å². The van der Waals surface area contributed by atoms with E-state index in [1.165, 1.54) is 7.11 Å². The first-order valence-electron chi connectivity index (χ1n) is 6.03. The molecule has 1 aromatic carbocycles. The average molecular weight is 256 g/mol. The minimum absolute atomic E-state index is 0.336. The van der Waals surface area contributed by atoms with Crippen LogP contribution in [-0.2, 0) is 11.3 Å². The summed E-state index contributed by atoms with van der Waals surface area (Å²) in [6.07, 6.45) is 1.84. The number of carbonyl (C=O) groups is 1. The molecule has 4 heteroatoms. The predicted molar refractivity (Wildman–Crippen MR) is 74.1 cm³/mol. The van der Waals surface area contributed by atoms with Crippen LogP contribution in [0.5, 0.6) is 0 Å². The summed E-state index contributed by atoms with van der Waals surface area (Å²) in [4.78, 5) is 15.7. The molecule has 2 rings (SSSR count). The lowest BCUT2D eigenvalue weighted by atomic mass is 10.2. The second-order valence-corrected chi connectivity index (χ2v) is 4.25. The topological polar surface area (TPSA) is 51.2 Å². The maximum Gasteiger partial charge on any atom is 0.337 e. The quantitative estimate of drug-likeness (QED) is 0.855. The fourth-order valence-corrected chi connectivity index (χ4v) is 1.67. The van der Waals surface area contributed by atoms with Crippen LogP contribution >= 0.6 is 0 Å². The van der Waals surface area contributed by atoms with E-state index in [0.717, 1.165) is 16.9 Å². The predicted octanol–water partition coefficient (Wildman–Crippen LogP) is 2.79. The van der Waals surface area contributed by atoms with Gasteiger partial charge in [-0.3, -0.25) is 4.98 Å². The van der Waals surface area contributed by atoms with Gasteiger partial charge in [-0.25, -0.2) is 4.79 Å². The number of pyridine rings is 1. The van der Waals surface area contributed by atoms with Crippen LogP contribution in [0, 0.1) is 6.92 Å². The smallest absolute Gasteiger partial charge is 0.337 e. The molecule has 0 saturated carbocycles. The summed E-state index contributed by atoms with van der Waals surface area (Å²) in [7, 11) is 1.37. The van der Waals surface area contributed by atoms with Crippen molar-refractivity contribution in [1.29, 1.82) is 0 Å². The number of rotatable bonds is 4. The third-order valence-electron chi connectivity index (χ3n) is 2.73. The summed E-state index contributed by atoms with van der Waals surface area (Å²) in [5.41, 5.74) is 3.49. The van der Waals surface area contributed by atoms with Gasteiger partial charge in [-0.05, 0) is 36.8 Å². The fraction of sp³-hybridized carbons (Fsp3) is 0.200. The maximum absolute atomic E-state index is 11.4. The molecular formula is C15H16N2O2. The molecular weight excluding hydrogens is 240 g/mol. The van der Waals surface area contributed by atoms with Gasteiger partial charge in [0.2, 0.25) is 0 Å². The summed E-state index contributed by atoms with van der Waals surface area (Å²) < 4.78 is 4.69. The number of benzene rings is 1. The van der Waals surface area contributed by atoms with E-state index >= 15 is 0 Å². The Morgan fingerprint density at radius 1 is 1.32 bits per heavy atom. The monoisotopic (exact) mass is 256 g/mol. The van der Waals surface area contributed by atoms with E-state index < -0.39 is 0 Å². The zero-order chi connectivity index (χ0) is 13.7. The highest BCUT2D eigenvalue weighted by Crippen LogP contribution is 2.12. The summed E-state index contributed by atoms with van der Waals surface area (Å²) in [6, 6.07) is 11.2. The number of aromatic nitrogens is 1. The second kappa shape index (κ2) is 6.00. The number of nitrogens with zero attached hydrogens (tertiary/aromatic N) is 1. The minimum atomic E-state index is -0.336. The lowest BCUT2D eigenvalue weighted by molar-refractivity contribution is 0.0601. The first-order valence-corrected chi connectivity index (χ1v) is 6.03. The summed E-state index contributed by atoms with van der Waals surface area (Å²) in [6.45, 7) is 2.62. The SMILES string of the molecule is COC(=O)c1cccc(NCc2ccc(C)cn2)c1. The second-order valence-electron chi connectivity index (χ2n) is 4.25. The van der Waals surface area contributed by atoms with Crippen molar-refractivity contribution in [2.75, 3.05) is 12.4 Å². The highest BCUT2D eigenvalue weighted by molar-refractivity contribution is 5.90. The van der Waals surface area contributed by atoms with Gasteiger partial charge in [0.25, 0.3) is 0 Å². The Morgan fingerprint density at radius 3 is 2.84 bits per heavy atom. The number of carbonyl (C=O) groups excluding carboxylic acids is 1. The molecule has 0 unspecified atom stereocenters. The van der Waals surface area contributed by atoms with Gasteiger partial charge in [0.05, 0.1) is 24.9 Å². The molecule has 0 aliphatic heterocycles. The third kappa shape index (κ3) is 3.55. The van der Waals surface area contributed by atoms with Crippen LogP contribution in [0.2, 0.25) is 0 Å². The van der Waals surface area contributed by atoms with E-state index in [2.05, 4.69) is 15.0 Å². The van der Waals surface area contributed by atoms with Crippen molar-refractivity contribution >= 4 is 11.7 Å². The molecule has 1 N–H and O–H groups in total. The van der Waals surface area contributed by atoms with Gasteiger partial charge in [0.1, 0.15) is 0 Å². The van der Waals surface area contributed by atoms with Gasteiger partial charge in [-0.2, -0.15) is 0 Å². The van der Waals surface area contributed by atoms with Crippen LogP contribution in [0.1, 0.15) is 21.6 Å². The fourth-order valence-electron chi connectivity index (χ4n) is 1.67. The summed E-state index contributed by atoms with van der Waals surface area (Å²) in [5.74, 6) is -0.336. The average Bonchev–Trinajstić information content (AvgIpc) is 2.46. The largest absolute Gasteiger partial charge is 0.465 e. The van der Waals surface area contributed by atoms with Gasteiger partial charge < -0.3 is 10.1 Å². The zero-order valence-corrected chi connectivity index (χ0v) is 11.0. The normalized spacial score (nSPS) is 10.0. The zero-order valence-electron chi connectivity index (χ0n) is 11.0. The van der Waals surface area contributed by atoms with Crippen LogP contribution in [-0.4, -0.2) is 18.1 Å². The summed E-state index contributed by atoms with van der Waals surface area (Å²) >= 11 is 0. The Morgan fingerprint density at radius 2 is 2.16 bits per heavy atom. The van der Waals surface area contributed by atoms with Gasteiger partial charge in [0.15, 0.2) is 0 Å². The van der Waals surface area contributed by atoms with E-state index in [0.29, 0.717) is 12.1 Å². The molecule has 0 saturated heterocycles. The van der Waals surface area contributed by atoms with Crippen LogP contribution in [0.15, 0.2) is 42.6 Å². The number of ether oxygens (including phenoxy) is 1. The Labute approximate surface area is 112 Å². The number of aryl methyl sites for hydroxylation is 1. The molecule has 0 fully saturated rings. The van der Waals surface area contributed by atoms with Crippen molar-refractivity contribution in [2.24, 2.45) is 0 Å². The van der Waals surface area contributed by atoms with Crippen molar-refractivity contribution in [1.82, 2.24) is 4.98 Å². The Kier molecular flexibility index (Phi) is 4.13. The Bertz CT molecular complexity index is 565. The number of esters is 1.